The zero-order valence-electron chi connectivity index (χ0n) is 11.4. The van der Waals surface area contributed by atoms with Crippen molar-refractivity contribution in [2.75, 3.05) is 25.0 Å². The lowest BCUT2D eigenvalue weighted by molar-refractivity contribution is -0.125. The molecule has 7 heteroatoms. The summed E-state index contributed by atoms with van der Waals surface area (Å²) < 4.78 is 13.6. The van der Waals surface area contributed by atoms with E-state index in [0.29, 0.717) is 6.54 Å². The molecule has 0 spiro atoms. The van der Waals surface area contributed by atoms with Gasteiger partial charge >= 0.3 is 0 Å². The van der Waals surface area contributed by atoms with Crippen LogP contribution >= 0.6 is 11.6 Å². The van der Waals surface area contributed by atoms with Gasteiger partial charge in [0, 0.05) is 11.6 Å². The first kappa shape index (κ1) is 15.7. The first-order chi connectivity index (χ1) is 9.95. The van der Waals surface area contributed by atoms with Crippen LogP contribution in [-0.2, 0) is 9.59 Å². The average Bonchev–Trinajstić information content (AvgIpc) is 2.42. The maximum Gasteiger partial charge on any atom is 0.238 e. The van der Waals surface area contributed by atoms with Crippen molar-refractivity contribution in [1.29, 1.82) is 0 Å². The second-order valence-electron chi connectivity index (χ2n) is 5.15. The van der Waals surface area contributed by atoms with Crippen LogP contribution in [0.15, 0.2) is 18.2 Å². The van der Waals surface area contributed by atoms with Crippen LogP contribution < -0.4 is 11.1 Å². The van der Waals surface area contributed by atoms with E-state index >= 15 is 0 Å². The zero-order chi connectivity index (χ0) is 15.4. The minimum absolute atomic E-state index is 0.0906. The van der Waals surface area contributed by atoms with Gasteiger partial charge in [0.15, 0.2) is 0 Å². The zero-order valence-corrected chi connectivity index (χ0v) is 12.2. The maximum atomic E-state index is 13.6. The number of nitrogens with one attached hydrogen (secondary N) is 1. The van der Waals surface area contributed by atoms with Crippen molar-refractivity contribution in [3.8, 4) is 0 Å². The topological polar surface area (TPSA) is 75.4 Å². The molecule has 1 atom stereocenters. The molecule has 1 heterocycles. The highest BCUT2D eigenvalue weighted by Gasteiger charge is 2.25. The molecule has 1 aromatic carbocycles. The number of carbonyl (C=O) groups is 2. The van der Waals surface area contributed by atoms with Crippen LogP contribution in [0.4, 0.5) is 10.1 Å². The Hall–Kier alpha value is -1.66. The predicted molar refractivity (Wildman–Crippen MR) is 78.4 cm³/mol. The molecule has 3 N–H and O–H groups in total. The van der Waals surface area contributed by atoms with Crippen LogP contribution in [-0.4, -0.2) is 36.3 Å². The van der Waals surface area contributed by atoms with E-state index in [2.05, 4.69) is 5.32 Å². The van der Waals surface area contributed by atoms with Crippen LogP contribution in [0, 0.1) is 11.7 Å². The molecule has 1 fully saturated rings. The second-order valence-corrected chi connectivity index (χ2v) is 5.59. The number of nitrogens with zero attached hydrogens (tertiary/aromatic N) is 1. The fourth-order valence-electron chi connectivity index (χ4n) is 2.42. The Morgan fingerprint density at radius 3 is 2.90 bits per heavy atom. The van der Waals surface area contributed by atoms with Gasteiger partial charge < -0.3 is 11.1 Å². The molecule has 0 aliphatic carbocycles. The molecule has 0 unspecified atom stereocenters. The van der Waals surface area contributed by atoms with Gasteiger partial charge in [0.2, 0.25) is 11.8 Å². The molecule has 1 aliphatic rings. The van der Waals surface area contributed by atoms with Crippen molar-refractivity contribution < 1.29 is 14.0 Å². The Morgan fingerprint density at radius 2 is 2.24 bits per heavy atom. The number of piperidine rings is 1. The number of benzene rings is 1. The summed E-state index contributed by atoms with van der Waals surface area (Å²) in [5.41, 5.74) is 5.38. The molecule has 0 aromatic heterocycles. The van der Waals surface area contributed by atoms with E-state index in [4.69, 9.17) is 17.3 Å². The molecule has 0 saturated carbocycles. The number of likely N-dealkylation sites (tertiary alicyclic amines) is 1. The van der Waals surface area contributed by atoms with Gasteiger partial charge in [0.05, 0.1) is 18.2 Å². The fourth-order valence-corrected chi connectivity index (χ4v) is 2.57. The summed E-state index contributed by atoms with van der Waals surface area (Å²) in [6.45, 7) is 1.29. The summed E-state index contributed by atoms with van der Waals surface area (Å²) in [4.78, 5) is 25.0. The minimum atomic E-state index is -0.579. The Kier molecular flexibility index (Phi) is 5.14. The minimum Gasteiger partial charge on any atom is -0.369 e. The number of amides is 2. The Balaban J connectivity index is 1.91. The first-order valence-corrected chi connectivity index (χ1v) is 7.10. The predicted octanol–water partition coefficient (Wildman–Crippen LogP) is 1.61. The number of primary amides is 1. The lowest BCUT2D eigenvalue weighted by Crippen LogP contribution is -2.44. The number of anilines is 1. The van der Waals surface area contributed by atoms with E-state index in [1.807, 2.05) is 4.90 Å². The van der Waals surface area contributed by atoms with E-state index in [1.54, 1.807) is 0 Å². The van der Waals surface area contributed by atoms with Gasteiger partial charge in [-0.25, -0.2) is 4.39 Å². The summed E-state index contributed by atoms with van der Waals surface area (Å²) in [5, 5.41) is 2.77. The average molecular weight is 314 g/mol. The number of carbonyl (C=O) groups excluding carboxylic acids is 2. The highest BCUT2D eigenvalue weighted by Crippen LogP contribution is 2.19. The van der Waals surface area contributed by atoms with Crippen LogP contribution in [0.5, 0.6) is 0 Å². The molecule has 0 radical (unpaired) electrons. The maximum absolute atomic E-state index is 13.6. The lowest BCUT2D eigenvalue weighted by atomic mass is 9.97. The molecule has 2 amide bonds. The van der Waals surface area contributed by atoms with Gasteiger partial charge in [-0.3, -0.25) is 14.5 Å². The fraction of sp³-hybridized carbons (Fsp3) is 0.429. The van der Waals surface area contributed by atoms with Crippen LogP contribution in [0.2, 0.25) is 5.02 Å². The molecular formula is C14H17ClFN3O2. The standard InChI is InChI=1S/C14H17ClFN3O2/c15-10-3-4-12(11(16)6-10)18-13(20)8-19-5-1-2-9(7-19)14(17)21/h3-4,6,9H,1-2,5,7-8H2,(H2,17,21)(H,18,20)/t9-/m1/s1. The van der Waals surface area contributed by atoms with Gasteiger partial charge in [0.25, 0.3) is 0 Å². The summed E-state index contributed by atoms with van der Waals surface area (Å²) in [6, 6.07) is 4.06. The van der Waals surface area contributed by atoms with E-state index in [0.717, 1.165) is 25.5 Å². The molecule has 2 rings (SSSR count). The number of nitrogens with two attached hydrogens (primary N) is 1. The van der Waals surface area contributed by atoms with E-state index in [9.17, 15) is 14.0 Å². The lowest BCUT2D eigenvalue weighted by Gasteiger charge is -2.30. The highest BCUT2D eigenvalue weighted by atomic mass is 35.5. The molecule has 1 aromatic rings. The van der Waals surface area contributed by atoms with Gasteiger partial charge in [-0.05, 0) is 37.6 Å². The van der Waals surface area contributed by atoms with Gasteiger partial charge in [0.1, 0.15) is 5.82 Å². The number of halogens is 2. The normalized spacial score (nSPS) is 19.2. The third-order valence-electron chi connectivity index (χ3n) is 3.48. The van der Waals surface area contributed by atoms with Crippen molar-refractivity contribution in [1.82, 2.24) is 4.90 Å². The van der Waals surface area contributed by atoms with E-state index in [-0.39, 0.29) is 35.0 Å². The number of hydrogen-bond acceptors (Lipinski definition) is 3. The monoisotopic (exact) mass is 313 g/mol. The Morgan fingerprint density at radius 1 is 1.48 bits per heavy atom. The first-order valence-electron chi connectivity index (χ1n) is 6.72. The summed E-state index contributed by atoms with van der Waals surface area (Å²) >= 11 is 5.65. The Labute approximate surface area is 127 Å². The second kappa shape index (κ2) is 6.87. The molecule has 21 heavy (non-hydrogen) atoms. The summed E-state index contributed by atoms with van der Waals surface area (Å²) in [5.74, 6) is -1.48. The molecule has 114 valence electrons. The highest BCUT2D eigenvalue weighted by molar-refractivity contribution is 6.30. The number of hydrogen-bond donors (Lipinski definition) is 2. The third-order valence-corrected chi connectivity index (χ3v) is 3.72. The summed E-state index contributed by atoms with van der Waals surface area (Å²) in [7, 11) is 0. The summed E-state index contributed by atoms with van der Waals surface area (Å²) in [6.07, 6.45) is 1.56. The largest absolute Gasteiger partial charge is 0.369 e. The number of rotatable bonds is 4. The molecule has 1 aliphatic heterocycles. The van der Waals surface area contributed by atoms with E-state index < -0.39 is 5.82 Å². The molecule has 1 saturated heterocycles. The van der Waals surface area contributed by atoms with Gasteiger partial charge in [-0.2, -0.15) is 0 Å². The van der Waals surface area contributed by atoms with Crippen molar-refractivity contribution >= 4 is 29.1 Å². The van der Waals surface area contributed by atoms with Crippen molar-refractivity contribution in [3.05, 3.63) is 29.0 Å². The Bertz CT molecular complexity index is 553. The van der Waals surface area contributed by atoms with Crippen molar-refractivity contribution in [2.24, 2.45) is 11.7 Å². The SMILES string of the molecule is NC(=O)[C@@H]1CCCN(CC(=O)Nc2ccc(Cl)cc2F)C1. The van der Waals surface area contributed by atoms with Gasteiger partial charge in [-0.15, -0.1) is 0 Å². The van der Waals surface area contributed by atoms with Crippen molar-refractivity contribution in [3.63, 3.8) is 0 Å². The van der Waals surface area contributed by atoms with Gasteiger partial charge in [-0.1, -0.05) is 11.6 Å². The molecule has 0 bridgehead atoms. The van der Waals surface area contributed by atoms with E-state index in [1.165, 1.54) is 12.1 Å². The van der Waals surface area contributed by atoms with Crippen molar-refractivity contribution in [2.45, 2.75) is 12.8 Å². The molecular weight excluding hydrogens is 297 g/mol. The van der Waals surface area contributed by atoms with Crippen LogP contribution in [0.25, 0.3) is 0 Å². The third kappa shape index (κ3) is 4.41. The molecule has 5 nitrogen and oxygen atoms in total. The van der Waals surface area contributed by atoms with Crippen LogP contribution in [0.1, 0.15) is 12.8 Å². The smallest absolute Gasteiger partial charge is 0.238 e. The quantitative estimate of drug-likeness (QED) is 0.887. The van der Waals surface area contributed by atoms with Crippen LogP contribution in [0.3, 0.4) is 0 Å².